The lowest BCUT2D eigenvalue weighted by Gasteiger charge is -2.47. The van der Waals surface area contributed by atoms with Crippen LogP contribution in [0.15, 0.2) is 83.9 Å². The molecule has 0 aromatic heterocycles. The van der Waals surface area contributed by atoms with E-state index in [1.54, 1.807) is 12.1 Å². The highest BCUT2D eigenvalue weighted by molar-refractivity contribution is 6.46. The predicted octanol–water partition coefficient (Wildman–Crippen LogP) is 6.96. The third-order valence-electron chi connectivity index (χ3n) is 9.50. The quantitative estimate of drug-likeness (QED) is 0.289. The van der Waals surface area contributed by atoms with Gasteiger partial charge in [-0.3, -0.25) is 9.79 Å². The summed E-state index contributed by atoms with van der Waals surface area (Å²) in [4.78, 5) is 21.9. The Morgan fingerprint density at radius 3 is 2.07 bits per heavy atom. The Morgan fingerprint density at radius 2 is 1.50 bits per heavy atom. The van der Waals surface area contributed by atoms with Gasteiger partial charge in [-0.05, 0) is 91.2 Å². The van der Waals surface area contributed by atoms with Gasteiger partial charge in [-0.1, -0.05) is 75.4 Å². The van der Waals surface area contributed by atoms with E-state index in [4.69, 9.17) is 9.73 Å². The number of hydrogen-bond acceptors (Lipinski definition) is 5. The minimum Gasteiger partial charge on any atom is -0.489 e. The number of carbonyl (C=O) groups is 1. The Balaban J connectivity index is 1.31. The molecule has 2 saturated carbocycles. The van der Waals surface area contributed by atoms with Crippen LogP contribution >= 0.6 is 0 Å². The summed E-state index contributed by atoms with van der Waals surface area (Å²) in [6.07, 6.45) is 4.38. The number of ether oxygens (including phenoxy) is 1. The van der Waals surface area contributed by atoms with Gasteiger partial charge >= 0.3 is 0 Å². The monoisotopic (exact) mass is 566 g/mol. The molecular formula is C36H42N2O4. The number of aliphatic imine (C=N–C) groups is 1. The average Bonchev–Trinajstić information content (AvgIpc) is 3.79. The van der Waals surface area contributed by atoms with Gasteiger partial charge in [0.25, 0.3) is 5.91 Å². The minimum atomic E-state index is -1.51. The second-order valence-corrected chi connectivity index (χ2v) is 13.4. The third-order valence-corrected chi connectivity index (χ3v) is 9.50. The largest absolute Gasteiger partial charge is 0.489 e. The number of rotatable bonds is 8. The molecule has 1 amide bonds. The zero-order valence-corrected chi connectivity index (χ0v) is 24.9. The Kier molecular flexibility index (Phi) is 7.71. The molecule has 1 aliphatic heterocycles. The van der Waals surface area contributed by atoms with Crippen molar-refractivity contribution in [3.05, 3.63) is 101 Å². The van der Waals surface area contributed by atoms with E-state index in [1.165, 1.54) is 0 Å². The van der Waals surface area contributed by atoms with E-state index in [-0.39, 0.29) is 17.4 Å². The van der Waals surface area contributed by atoms with Crippen molar-refractivity contribution < 1.29 is 19.7 Å². The molecule has 1 spiro atoms. The SMILES string of the molecule is CC(C)(C)C1CCC2(CC1)N=C(c1ccc(OCc3ccccc3)cc1)C(=O)N2[C@@H](c1ccc(C(O)O)cc1)C1CC1. The number of amides is 1. The molecule has 6 rings (SSSR count). The van der Waals surface area contributed by atoms with E-state index in [0.29, 0.717) is 29.7 Å². The van der Waals surface area contributed by atoms with Crippen molar-refractivity contribution >= 4 is 11.6 Å². The van der Waals surface area contributed by atoms with E-state index >= 15 is 0 Å². The van der Waals surface area contributed by atoms with Crippen molar-refractivity contribution in [2.75, 3.05) is 0 Å². The van der Waals surface area contributed by atoms with Crippen LogP contribution in [0.1, 0.15) is 93.9 Å². The highest BCUT2D eigenvalue weighted by Gasteiger charge is 2.55. The Labute approximate surface area is 249 Å². The fourth-order valence-corrected chi connectivity index (χ4v) is 6.84. The maximum absolute atomic E-state index is 14.5. The maximum Gasteiger partial charge on any atom is 0.275 e. The smallest absolute Gasteiger partial charge is 0.275 e. The maximum atomic E-state index is 14.5. The fourth-order valence-electron chi connectivity index (χ4n) is 6.84. The van der Waals surface area contributed by atoms with Crippen LogP contribution in [0, 0.1) is 17.3 Å². The molecule has 1 heterocycles. The van der Waals surface area contributed by atoms with Gasteiger partial charge in [0.1, 0.15) is 23.7 Å². The number of aliphatic hydroxyl groups is 2. The van der Waals surface area contributed by atoms with Gasteiger partial charge in [0, 0.05) is 11.1 Å². The van der Waals surface area contributed by atoms with Crippen molar-refractivity contribution in [1.29, 1.82) is 0 Å². The van der Waals surface area contributed by atoms with Crippen molar-refractivity contribution in [3.63, 3.8) is 0 Å². The van der Waals surface area contributed by atoms with Gasteiger partial charge in [0.05, 0.1) is 6.04 Å². The molecule has 0 saturated heterocycles. The van der Waals surface area contributed by atoms with Crippen LogP contribution < -0.4 is 4.74 Å². The fraction of sp³-hybridized carbons (Fsp3) is 0.444. The second kappa shape index (κ2) is 11.3. The van der Waals surface area contributed by atoms with Gasteiger partial charge in [-0.2, -0.15) is 0 Å². The zero-order chi connectivity index (χ0) is 29.5. The normalized spacial score (nSPS) is 23.4. The molecule has 0 bridgehead atoms. The van der Waals surface area contributed by atoms with Crippen LogP contribution in [-0.4, -0.2) is 32.4 Å². The Bertz CT molecular complexity index is 1410. The van der Waals surface area contributed by atoms with E-state index < -0.39 is 12.0 Å². The zero-order valence-electron chi connectivity index (χ0n) is 24.9. The average molecular weight is 567 g/mol. The van der Waals surface area contributed by atoms with Crippen molar-refractivity contribution in [2.24, 2.45) is 22.2 Å². The van der Waals surface area contributed by atoms with Gasteiger partial charge in [-0.25, -0.2) is 0 Å². The van der Waals surface area contributed by atoms with Crippen LogP contribution in [0.25, 0.3) is 0 Å². The van der Waals surface area contributed by atoms with Gasteiger partial charge in [0.15, 0.2) is 6.29 Å². The number of aliphatic hydroxyl groups excluding tert-OH is 1. The molecule has 0 unspecified atom stereocenters. The first kappa shape index (κ1) is 28.6. The van der Waals surface area contributed by atoms with Crippen LogP contribution in [0.5, 0.6) is 5.75 Å². The summed E-state index contributed by atoms with van der Waals surface area (Å²) in [5.74, 6) is 1.71. The molecule has 2 N–H and O–H groups in total. The van der Waals surface area contributed by atoms with Crippen LogP contribution in [0.4, 0.5) is 0 Å². The number of benzene rings is 3. The topological polar surface area (TPSA) is 82.4 Å². The van der Waals surface area contributed by atoms with Crippen LogP contribution in [-0.2, 0) is 11.4 Å². The predicted molar refractivity (Wildman–Crippen MR) is 164 cm³/mol. The van der Waals surface area contributed by atoms with Crippen LogP contribution in [0.3, 0.4) is 0 Å². The summed E-state index contributed by atoms with van der Waals surface area (Å²) in [6, 6.07) is 25.2. The summed E-state index contributed by atoms with van der Waals surface area (Å²) in [5, 5.41) is 19.3. The molecule has 42 heavy (non-hydrogen) atoms. The van der Waals surface area contributed by atoms with E-state index in [0.717, 1.165) is 61.0 Å². The van der Waals surface area contributed by atoms with Crippen LogP contribution in [0.2, 0.25) is 0 Å². The molecule has 1 atom stereocenters. The van der Waals surface area contributed by atoms with Crippen molar-refractivity contribution in [1.82, 2.24) is 4.90 Å². The molecule has 3 aromatic rings. The molecule has 0 radical (unpaired) electrons. The molecular weight excluding hydrogens is 524 g/mol. The highest BCUT2D eigenvalue weighted by Crippen LogP contribution is 2.54. The van der Waals surface area contributed by atoms with Crippen molar-refractivity contribution in [2.45, 2.75) is 83.9 Å². The first-order valence-electron chi connectivity index (χ1n) is 15.3. The molecule has 2 aliphatic carbocycles. The summed E-state index contributed by atoms with van der Waals surface area (Å²) in [7, 11) is 0. The first-order chi connectivity index (χ1) is 20.1. The van der Waals surface area contributed by atoms with Crippen molar-refractivity contribution in [3.8, 4) is 5.75 Å². The van der Waals surface area contributed by atoms with E-state index in [1.807, 2.05) is 66.7 Å². The molecule has 6 heteroatoms. The lowest BCUT2D eigenvalue weighted by atomic mass is 9.69. The molecule has 6 nitrogen and oxygen atoms in total. The molecule has 3 aliphatic rings. The summed E-state index contributed by atoms with van der Waals surface area (Å²) >= 11 is 0. The summed E-state index contributed by atoms with van der Waals surface area (Å²) < 4.78 is 6.00. The number of carbonyl (C=O) groups excluding carboxylic acids is 1. The molecule has 3 aromatic carbocycles. The Morgan fingerprint density at radius 1 is 0.881 bits per heavy atom. The minimum absolute atomic E-state index is 0.00895. The van der Waals surface area contributed by atoms with E-state index in [9.17, 15) is 15.0 Å². The number of hydrogen-bond donors (Lipinski definition) is 2. The highest BCUT2D eigenvalue weighted by atomic mass is 16.5. The first-order valence-corrected chi connectivity index (χ1v) is 15.3. The summed E-state index contributed by atoms with van der Waals surface area (Å²) in [5.41, 5.74) is 3.59. The Hall–Kier alpha value is -3.48. The number of nitrogens with zero attached hydrogens (tertiary/aromatic N) is 2. The standard InChI is InChI=1S/C36H42N2O4/c1-35(2,3)29-19-21-36(22-20-29)37-31(25-15-17-30(18-16-25)42-23-24-7-5-4-6-8-24)33(39)38(36)32(26-9-10-26)27-11-13-28(14-12-27)34(40)41/h4-8,11-18,26,29,32,34,40-41H,9-10,19-23H2,1-3H3/t29?,32-,36?/m1/s1. The summed E-state index contributed by atoms with van der Waals surface area (Å²) in [6.45, 7) is 7.43. The van der Waals surface area contributed by atoms with Gasteiger partial charge in [0.2, 0.25) is 0 Å². The second-order valence-electron chi connectivity index (χ2n) is 13.4. The lowest BCUT2D eigenvalue weighted by Crippen LogP contribution is -2.52. The third kappa shape index (κ3) is 5.75. The van der Waals surface area contributed by atoms with E-state index in [2.05, 4.69) is 25.7 Å². The lowest BCUT2D eigenvalue weighted by molar-refractivity contribution is -0.134. The van der Waals surface area contributed by atoms with Gasteiger partial charge < -0.3 is 19.8 Å². The van der Waals surface area contributed by atoms with Gasteiger partial charge in [-0.15, -0.1) is 0 Å². The molecule has 220 valence electrons. The molecule has 2 fully saturated rings.